The Morgan fingerprint density at radius 1 is 1.20 bits per heavy atom. The van der Waals surface area contributed by atoms with E-state index in [0.29, 0.717) is 17.3 Å². The van der Waals surface area contributed by atoms with Crippen molar-refractivity contribution in [3.8, 4) is 5.75 Å². The van der Waals surface area contributed by atoms with Gasteiger partial charge < -0.3 is 15.4 Å². The van der Waals surface area contributed by atoms with Gasteiger partial charge in [0.1, 0.15) is 5.75 Å². The first-order chi connectivity index (χ1) is 9.51. The predicted molar refractivity (Wildman–Crippen MR) is 85.7 cm³/mol. The van der Waals surface area contributed by atoms with Crippen LogP contribution in [0.3, 0.4) is 0 Å². The molecule has 0 aliphatic carbocycles. The van der Waals surface area contributed by atoms with Gasteiger partial charge in [0.05, 0.1) is 18.5 Å². The molecule has 0 heterocycles. The van der Waals surface area contributed by atoms with Gasteiger partial charge in [-0.25, -0.2) is 0 Å². The lowest BCUT2D eigenvalue weighted by molar-refractivity contribution is 0.409. The molecule has 0 amide bonds. The lowest BCUT2D eigenvalue weighted by atomic mass is 10.1. The highest BCUT2D eigenvalue weighted by molar-refractivity contribution is 6.31. The van der Waals surface area contributed by atoms with E-state index in [9.17, 15) is 0 Å². The van der Waals surface area contributed by atoms with Crippen LogP contribution in [-0.4, -0.2) is 14.2 Å². The van der Waals surface area contributed by atoms with Gasteiger partial charge in [0.25, 0.3) is 0 Å². The smallest absolute Gasteiger partial charge is 0.123 e. The summed E-state index contributed by atoms with van der Waals surface area (Å²) in [4.78, 5) is 2.07. The van der Waals surface area contributed by atoms with Gasteiger partial charge in [-0.3, -0.25) is 0 Å². The molecule has 0 aromatic heterocycles. The van der Waals surface area contributed by atoms with Crippen molar-refractivity contribution in [2.75, 3.05) is 24.8 Å². The minimum atomic E-state index is 0.678. The van der Waals surface area contributed by atoms with E-state index in [-0.39, 0.29) is 0 Å². The molecule has 3 nitrogen and oxygen atoms in total. The molecule has 0 radical (unpaired) electrons. The van der Waals surface area contributed by atoms with Crippen LogP contribution in [0.1, 0.15) is 11.1 Å². The van der Waals surface area contributed by atoms with Crippen LogP contribution in [0.25, 0.3) is 0 Å². The Bertz CT molecular complexity index is 613. The highest BCUT2D eigenvalue weighted by Crippen LogP contribution is 2.29. The summed E-state index contributed by atoms with van der Waals surface area (Å²) in [5.74, 6) is 0.878. The maximum atomic E-state index is 6.04. The van der Waals surface area contributed by atoms with E-state index in [0.717, 1.165) is 17.0 Å². The largest absolute Gasteiger partial charge is 0.496 e. The molecular weight excluding hydrogens is 272 g/mol. The molecule has 0 unspecified atom stereocenters. The molecule has 2 aromatic carbocycles. The van der Waals surface area contributed by atoms with Crippen molar-refractivity contribution in [2.24, 2.45) is 0 Å². The molecule has 0 saturated heterocycles. The average molecular weight is 291 g/mol. The molecule has 2 N–H and O–H groups in total. The van der Waals surface area contributed by atoms with Crippen molar-refractivity contribution in [3.05, 3.63) is 52.5 Å². The molecule has 106 valence electrons. The summed E-state index contributed by atoms with van der Waals surface area (Å²) in [6, 6.07) is 11.6. The third-order valence-corrected chi connectivity index (χ3v) is 3.48. The van der Waals surface area contributed by atoms with Gasteiger partial charge in [-0.2, -0.15) is 0 Å². The second-order valence-electron chi connectivity index (χ2n) is 4.87. The number of benzene rings is 2. The lowest BCUT2D eigenvalue weighted by Gasteiger charge is -2.22. The van der Waals surface area contributed by atoms with Gasteiger partial charge in [-0.05, 0) is 31.2 Å². The van der Waals surface area contributed by atoms with Crippen LogP contribution in [0.5, 0.6) is 5.75 Å². The number of nitrogen functional groups attached to an aromatic ring is 1. The topological polar surface area (TPSA) is 38.5 Å². The summed E-state index contributed by atoms with van der Waals surface area (Å²) in [6.07, 6.45) is 0. The van der Waals surface area contributed by atoms with Crippen molar-refractivity contribution < 1.29 is 4.74 Å². The van der Waals surface area contributed by atoms with E-state index >= 15 is 0 Å². The maximum absolute atomic E-state index is 6.04. The molecule has 0 aliphatic heterocycles. The summed E-state index contributed by atoms with van der Waals surface area (Å²) in [5, 5.41) is 0.678. The first-order valence-electron chi connectivity index (χ1n) is 6.41. The van der Waals surface area contributed by atoms with Gasteiger partial charge in [-0.1, -0.05) is 29.3 Å². The fourth-order valence-corrected chi connectivity index (χ4v) is 2.39. The van der Waals surface area contributed by atoms with Crippen LogP contribution in [-0.2, 0) is 6.54 Å². The zero-order chi connectivity index (χ0) is 14.7. The van der Waals surface area contributed by atoms with E-state index in [2.05, 4.69) is 17.9 Å². The number of anilines is 2. The first-order valence-corrected chi connectivity index (χ1v) is 6.78. The standard InChI is InChI=1S/C16H19ClN2O/c1-11-4-7-16(20-3)12(8-11)10-19(2)15-9-13(17)5-6-14(15)18/h4-9H,10,18H2,1-3H3. The highest BCUT2D eigenvalue weighted by Gasteiger charge is 2.10. The number of methoxy groups -OCH3 is 1. The van der Waals surface area contributed by atoms with Crippen LogP contribution in [0.2, 0.25) is 5.02 Å². The molecule has 2 rings (SSSR count). The number of hydrogen-bond acceptors (Lipinski definition) is 3. The quantitative estimate of drug-likeness (QED) is 0.869. The molecule has 0 bridgehead atoms. The number of rotatable bonds is 4. The molecule has 2 aromatic rings. The Balaban J connectivity index is 2.29. The fraction of sp³-hybridized carbons (Fsp3) is 0.250. The Labute approximate surface area is 124 Å². The second kappa shape index (κ2) is 6.06. The SMILES string of the molecule is COc1ccc(C)cc1CN(C)c1cc(Cl)ccc1N. The summed E-state index contributed by atoms with van der Waals surface area (Å²) >= 11 is 6.04. The molecular formula is C16H19ClN2O. The van der Waals surface area contributed by atoms with E-state index in [1.165, 1.54) is 5.56 Å². The van der Waals surface area contributed by atoms with Gasteiger partial charge in [0, 0.05) is 24.2 Å². The third-order valence-electron chi connectivity index (χ3n) is 3.25. The average Bonchev–Trinajstić information content (AvgIpc) is 2.41. The monoisotopic (exact) mass is 290 g/mol. The van der Waals surface area contributed by atoms with Crippen LogP contribution in [0.4, 0.5) is 11.4 Å². The van der Waals surface area contributed by atoms with Gasteiger partial charge in [0.2, 0.25) is 0 Å². The van der Waals surface area contributed by atoms with E-state index in [4.69, 9.17) is 22.1 Å². The molecule has 0 fully saturated rings. The third kappa shape index (κ3) is 3.17. The summed E-state index contributed by atoms with van der Waals surface area (Å²) in [7, 11) is 3.67. The van der Waals surface area contributed by atoms with E-state index in [1.54, 1.807) is 13.2 Å². The lowest BCUT2D eigenvalue weighted by Crippen LogP contribution is -2.18. The molecule has 20 heavy (non-hydrogen) atoms. The van der Waals surface area contributed by atoms with E-state index in [1.807, 2.05) is 31.3 Å². The van der Waals surface area contributed by atoms with Crippen LogP contribution in [0, 0.1) is 6.92 Å². The molecule has 4 heteroatoms. The zero-order valence-electron chi connectivity index (χ0n) is 12.0. The molecule has 0 aliphatic rings. The van der Waals surface area contributed by atoms with Crippen molar-refractivity contribution in [1.29, 1.82) is 0 Å². The highest BCUT2D eigenvalue weighted by atomic mass is 35.5. The first kappa shape index (κ1) is 14.5. The zero-order valence-corrected chi connectivity index (χ0v) is 12.7. The molecule has 0 spiro atoms. The number of nitrogens with two attached hydrogens (primary N) is 1. The maximum Gasteiger partial charge on any atom is 0.123 e. The molecule has 0 atom stereocenters. The van der Waals surface area contributed by atoms with Gasteiger partial charge in [-0.15, -0.1) is 0 Å². The predicted octanol–water partition coefficient (Wildman–Crippen LogP) is 3.88. The summed E-state index contributed by atoms with van der Waals surface area (Å²) < 4.78 is 5.41. The second-order valence-corrected chi connectivity index (χ2v) is 5.31. The van der Waals surface area contributed by atoms with E-state index < -0.39 is 0 Å². The minimum absolute atomic E-state index is 0.678. The number of nitrogens with zero attached hydrogens (tertiary/aromatic N) is 1. The van der Waals surface area contributed by atoms with Crippen LogP contribution < -0.4 is 15.4 Å². The molecule has 0 saturated carbocycles. The number of ether oxygens (including phenoxy) is 1. The van der Waals surface area contributed by atoms with Crippen molar-refractivity contribution in [1.82, 2.24) is 0 Å². The Morgan fingerprint density at radius 3 is 2.65 bits per heavy atom. The number of aryl methyl sites for hydroxylation is 1. The summed E-state index contributed by atoms with van der Waals surface area (Å²) in [5.41, 5.74) is 9.96. The van der Waals surface area contributed by atoms with Crippen LogP contribution >= 0.6 is 11.6 Å². The van der Waals surface area contributed by atoms with Gasteiger partial charge >= 0.3 is 0 Å². The Morgan fingerprint density at radius 2 is 1.95 bits per heavy atom. The summed E-state index contributed by atoms with van der Waals surface area (Å²) in [6.45, 7) is 2.77. The van der Waals surface area contributed by atoms with Gasteiger partial charge in [0.15, 0.2) is 0 Å². The minimum Gasteiger partial charge on any atom is -0.496 e. The Hall–Kier alpha value is -1.87. The van der Waals surface area contributed by atoms with Crippen molar-refractivity contribution >= 4 is 23.0 Å². The van der Waals surface area contributed by atoms with Crippen LogP contribution in [0.15, 0.2) is 36.4 Å². The normalized spacial score (nSPS) is 10.4. The van der Waals surface area contributed by atoms with Crippen molar-refractivity contribution in [3.63, 3.8) is 0 Å². The fourth-order valence-electron chi connectivity index (χ4n) is 2.22. The number of hydrogen-bond donors (Lipinski definition) is 1. The Kier molecular flexibility index (Phi) is 4.40. The number of halogens is 1. The van der Waals surface area contributed by atoms with Crippen molar-refractivity contribution in [2.45, 2.75) is 13.5 Å².